The van der Waals surface area contributed by atoms with Crippen LogP contribution < -0.4 is 5.32 Å². The highest BCUT2D eigenvalue weighted by Gasteiger charge is 2.21. The third-order valence-electron chi connectivity index (χ3n) is 2.46. The van der Waals surface area contributed by atoms with Crippen molar-refractivity contribution in [1.29, 1.82) is 0 Å². The van der Waals surface area contributed by atoms with Gasteiger partial charge in [0.2, 0.25) is 0 Å². The first-order valence-electron chi connectivity index (χ1n) is 5.05. The Balaban J connectivity index is 2.28. The van der Waals surface area contributed by atoms with Gasteiger partial charge in [-0.05, 0) is 19.3 Å². The van der Waals surface area contributed by atoms with Gasteiger partial charge in [-0.3, -0.25) is 0 Å². The number of nitrogens with zero attached hydrogens (tertiary/aromatic N) is 1. The molecular formula is C9H18N2O3. The van der Waals surface area contributed by atoms with Crippen molar-refractivity contribution in [3.63, 3.8) is 0 Å². The van der Waals surface area contributed by atoms with Gasteiger partial charge in [0.05, 0.1) is 13.2 Å². The van der Waals surface area contributed by atoms with E-state index in [-0.39, 0.29) is 32.3 Å². The fourth-order valence-electron chi connectivity index (χ4n) is 1.37. The lowest BCUT2D eigenvalue weighted by Crippen LogP contribution is -2.48. The summed E-state index contributed by atoms with van der Waals surface area (Å²) >= 11 is 0. The minimum absolute atomic E-state index is 0.0713. The van der Waals surface area contributed by atoms with Crippen LogP contribution in [0.1, 0.15) is 19.3 Å². The van der Waals surface area contributed by atoms with E-state index in [4.69, 9.17) is 10.2 Å². The molecule has 0 aromatic rings. The van der Waals surface area contributed by atoms with Gasteiger partial charge in [-0.2, -0.15) is 0 Å². The number of aliphatic hydroxyl groups is 2. The highest BCUT2D eigenvalue weighted by Crippen LogP contribution is 2.18. The Labute approximate surface area is 83.7 Å². The fraction of sp³-hybridized carbons (Fsp3) is 0.889. The molecule has 2 amide bonds. The molecular weight excluding hydrogens is 184 g/mol. The van der Waals surface area contributed by atoms with Crippen LogP contribution in [0.25, 0.3) is 0 Å². The van der Waals surface area contributed by atoms with Crippen molar-refractivity contribution >= 4 is 6.03 Å². The quantitative estimate of drug-likeness (QED) is 0.564. The summed E-state index contributed by atoms with van der Waals surface area (Å²) in [6.07, 6.45) is 3.25. The predicted octanol–water partition coefficient (Wildman–Crippen LogP) is -0.465. The van der Waals surface area contributed by atoms with Gasteiger partial charge in [-0.1, -0.05) is 0 Å². The lowest BCUT2D eigenvalue weighted by molar-refractivity contribution is 0.151. The minimum atomic E-state index is -0.183. The molecule has 1 saturated carbocycles. The van der Waals surface area contributed by atoms with Crippen LogP contribution in [0.5, 0.6) is 0 Å². The number of carbonyl (C=O) groups excluding carboxylic acids is 1. The molecule has 1 aliphatic rings. The van der Waals surface area contributed by atoms with E-state index in [0.717, 1.165) is 12.8 Å². The number of hydrogen-bond donors (Lipinski definition) is 3. The first kappa shape index (κ1) is 11.3. The van der Waals surface area contributed by atoms with Crippen LogP contribution in [0.2, 0.25) is 0 Å². The molecule has 14 heavy (non-hydrogen) atoms. The highest BCUT2D eigenvalue weighted by atomic mass is 16.3. The molecule has 3 N–H and O–H groups in total. The Bertz CT molecular complexity index is 177. The van der Waals surface area contributed by atoms with Crippen LogP contribution in [0.15, 0.2) is 0 Å². The van der Waals surface area contributed by atoms with Gasteiger partial charge in [0.25, 0.3) is 0 Å². The van der Waals surface area contributed by atoms with Crippen molar-refractivity contribution in [2.75, 3.05) is 26.3 Å². The van der Waals surface area contributed by atoms with Crippen molar-refractivity contribution in [3.8, 4) is 0 Å². The van der Waals surface area contributed by atoms with E-state index in [1.165, 1.54) is 11.3 Å². The predicted molar refractivity (Wildman–Crippen MR) is 51.9 cm³/mol. The Hall–Kier alpha value is -0.810. The van der Waals surface area contributed by atoms with Crippen LogP contribution in [-0.4, -0.2) is 53.5 Å². The third-order valence-corrected chi connectivity index (χ3v) is 2.46. The van der Waals surface area contributed by atoms with E-state index in [9.17, 15) is 4.79 Å². The summed E-state index contributed by atoms with van der Waals surface area (Å²) in [6, 6.07) is 0.111. The summed E-state index contributed by atoms with van der Waals surface area (Å²) < 4.78 is 0. The Morgan fingerprint density at radius 2 is 1.86 bits per heavy atom. The molecule has 0 spiro atoms. The number of nitrogens with one attached hydrogen (secondary N) is 1. The summed E-state index contributed by atoms with van der Waals surface area (Å²) in [4.78, 5) is 12.9. The molecule has 1 fully saturated rings. The van der Waals surface area contributed by atoms with Gasteiger partial charge in [0.15, 0.2) is 0 Å². The maximum Gasteiger partial charge on any atom is 0.317 e. The Morgan fingerprint density at radius 3 is 2.21 bits per heavy atom. The van der Waals surface area contributed by atoms with Gasteiger partial charge in [-0.15, -0.1) is 0 Å². The SMILES string of the molecule is O=C(NC1CCC1)N(CCO)CCO. The van der Waals surface area contributed by atoms with Crippen molar-refractivity contribution < 1.29 is 15.0 Å². The highest BCUT2D eigenvalue weighted by molar-refractivity contribution is 5.74. The molecule has 0 aliphatic heterocycles. The zero-order valence-electron chi connectivity index (χ0n) is 8.28. The lowest BCUT2D eigenvalue weighted by Gasteiger charge is -2.30. The molecule has 1 aliphatic carbocycles. The van der Waals surface area contributed by atoms with E-state index in [1.807, 2.05) is 0 Å². The van der Waals surface area contributed by atoms with Gasteiger partial charge in [0, 0.05) is 19.1 Å². The van der Waals surface area contributed by atoms with E-state index in [1.54, 1.807) is 0 Å². The first-order chi connectivity index (χ1) is 6.77. The van der Waals surface area contributed by atoms with Crippen molar-refractivity contribution in [2.45, 2.75) is 25.3 Å². The Kier molecular flexibility index (Phi) is 4.69. The van der Waals surface area contributed by atoms with Crippen LogP contribution in [0, 0.1) is 0 Å². The van der Waals surface area contributed by atoms with Crippen LogP contribution in [0.4, 0.5) is 4.79 Å². The zero-order valence-corrected chi connectivity index (χ0v) is 8.28. The molecule has 1 rings (SSSR count). The molecule has 5 nitrogen and oxygen atoms in total. The van der Waals surface area contributed by atoms with E-state index in [0.29, 0.717) is 6.04 Å². The number of rotatable bonds is 5. The molecule has 0 heterocycles. The third kappa shape index (κ3) is 3.16. The van der Waals surface area contributed by atoms with E-state index >= 15 is 0 Å². The largest absolute Gasteiger partial charge is 0.395 e. The topological polar surface area (TPSA) is 72.8 Å². The second-order valence-corrected chi connectivity index (χ2v) is 3.51. The molecule has 0 atom stereocenters. The smallest absolute Gasteiger partial charge is 0.317 e. The summed E-state index contributed by atoms with van der Waals surface area (Å²) in [6.45, 7) is 0.411. The fourth-order valence-corrected chi connectivity index (χ4v) is 1.37. The Morgan fingerprint density at radius 1 is 1.29 bits per heavy atom. The van der Waals surface area contributed by atoms with Crippen LogP contribution >= 0.6 is 0 Å². The molecule has 0 aromatic carbocycles. The molecule has 0 aromatic heterocycles. The van der Waals surface area contributed by atoms with Gasteiger partial charge in [0.1, 0.15) is 0 Å². The molecule has 5 heteroatoms. The van der Waals surface area contributed by atoms with Crippen molar-refractivity contribution in [3.05, 3.63) is 0 Å². The maximum absolute atomic E-state index is 11.5. The lowest BCUT2D eigenvalue weighted by atomic mass is 9.93. The van der Waals surface area contributed by atoms with Gasteiger partial charge < -0.3 is 20.4 Å². The van der Waals surface area contributed by atoms with Gasteiger partial charge >= 0.3 is 6.03 Å². The van der Waals surface area contributed by atoms with E-state index < -0.39 is 0 Å². The molecule has 0 radical (unpaired) electrons. The van der Waals surface area contributed by atoms with Crippen LogP contribution in [0.3, 0.4) is 0 Å². The molecule has 0 bridgehead atoms. The summed E-state index contributed by atoms with van der Waals surface area (Å²) in [5.74, 6) is 0. The number of urea groups is 1. The normalized spacial score (nSPS) is 16.1. The molecule has 0 unspecified atom stereocenters. The van der Waals surface area contributed by atoms with Gasteiger partial charge in [-0.25, -0.2) is 4.79 Å². The number of aliphatic hydroxyl groups excluding tert-OH is 2. The first-order valence-corrected chi connectivity index (χ1v) is 5.05. The average Bonchev–Trinajstić information content (AvgIpc) is 2.11. The standard InChI is InChI=1S/C9H18N2O3/c12-6-4-11(5-7-13)9(14)10-8-2-1-3-8/h8,12-13H,1-7H2,(H,10,14). The molecule has 0 saturated heterocycles. The van der Waals surface area contributed by atoms with Crippen molar-refractivity contribution in [2.24, 2.45) is 0 Å². The average molecular weight is 202 g/mol. The number of carbonyl (C=O) groups is 1. The second kappa shape index (κ2) is 5.82. The maximum atomic E-state index is 11.5. The number of amides is 2. The summed E-state index contributed by atoms with van der Waals surface area (Å²) in [5.41, 5.74) is 0. The van der Waals surface area contributed by atoms with Crippen LogP contribution in [-0.2, 0) is 0 Å². The molecule has 82 valence electrons. The number of hydrogen-bond acceptors (Lipinski definition) is 3. The van der Waals surface area contributed by atoms with E-state index in [2.05, 4.69) is 5.32 Å². The summed E-state index contributed by atoms with van der Waals surface area (Å²) in [7, 11) is 0. The second-order valence-electron chi connectivity index (χ2n) is 3.51. The summed E-state index contributed by atoms with van der Waals surface area (Å²) in [5, 5.41) is 20.3. The minimum Gasteiger partial charge on any atom is -0.395 e. The zero-order chi connectivity index (χ0) is 10.4. The monoisotopic (exact) mass is 202 g/mol. The van der Waals surface area contributed by atoms with Crippen molar-refractivity contribution in [1.82, 2.24) is 10.2 Å².